The first-order valence-electron chi connectivity index (χ1n) is 17.1. The van der Waals surface area contributed by atoms with Crippen LogP contribution in [0.5, 0.6) is 23.0 Å². The van der Waals surface area contributed by atoms with E-state index in [0.717, 1.165) is 0 Å². The Labute approximate surface area is 326 Å². The van der Waals surface area contributed by atoms with Crippen LogP contribution in [-0.2, 0) is 0 Å². The minimum atomic E-state index is -1.09. The highest BCUT2D eigenvalue weighted by Gasteiger charge is 2.22. The quantitative estimate of drug-likeness (QED) is 0.0780. The molecule has 8 rings (SSSR count). The molecule has 14 nitrogen and oxygen atoms in total. The third-order valence-electron chi connectivity index (χ3n) is 8.88. The number of rotatable bonds is 10. The molecule has 0 fully saturated rings. The van der Waals surface area contributed by atoms with Crippen LogP contribution in [-0.4, -0.2) is 72.1 Å². The molecular formula is C42H28N6O8S. The molecule has 2 aromatic heterocycles. The molecule has 0 radical (unpaired) electrons. The lowest BCUT2D eigenvalue weighted by Crippen LogP contribution is -2.02. The van der Waals surface area contributed by atoms with Crippen LogP contribution in [0, 0.1) is 0 Å². The predicted octanol–water partition coefficient (Wildman–Crippen LogP) is 7.89. The van der Waals surface area contributed by atoms with Gasteiger partial charge in [0, 0.05) is 9.79 Å². The number of phenolic OH excluding ortho intramolecular Hbond substituents is 4. The first-order valence-corrected chi connectivity index (χ1v) is 17.9. The van der Waals surface area contributed by atoms with Crippen molar-refractivity contribution in [3.05, 3.63) is 145 Å². The fourth-order valence-corrected chi connectivity index (χ4v) is 6.93. The number of aromatic hydroxyl groups is 4. The number of nitrogens with zero attached hydrogens (tertiary/aromatic N) is 6. The molecule has 0 atom stereocenters. The Hall–Kier alpha value is -7.91. The van der Waals surface area contributed by atoms with Crippen molar-refractivity contribution in [2.75, 3.05) is 0 Å². The summed E-state index contributed by atoms with van der Waals surface area (Å²) in [4.78, 5) is 33.7. The minimum Gasteiger partial charge on any atom is -0.507 e. The molecule has 8 aromatic rings. The van der Waals surface area contributed by atoms with Gasteiger partial charge in [0.15, 0.2) is 23.3 Å². The summed E-state index contributed by atoms with van der Waals surface area (Å²) < 4.78 is 2.91. The number of hydrogen-bond donors (Lipinski definition) is 6. The molecule has 0 aliphatic carbocycles. The van der Waals surface area contributed by atoms with Crippen molar-refractivity contribution in [1.82, 2.24) is 29.5 Å². The molecule has 0 aliphatic rings. The lowest BCUT2D eigenvalue weighted by atomic mass is 10.1. The van der Waals surface area contributed by atoms with Crippen LogP contribution in [0.3, 0.4) is 0 Å². The zero-order valence-corrected chi connectivity index (χ0v) is 30.1. The molecule has 0 saturated heterocycles. The Bertz CT molecular complexity index is 2640. The maximum absolute atomic E-state index is 11.5. The van der Waals surface area contributed by atoms with Crippen molar-refractivity contribution in [1.29, 1.82) is 0 Å². The number of benzene rings is 6. The van der Waals surface area contributed by atoms with E-state index in [4.69, 9.17) is 9.97 Å². The van der Waals surface area contributed by atoms with Gasteiger partial charge in [-0.25, -0.2) is 28.9 Å². The van der Waals surface area contributed by atoms with E-state index in [9.17, 15) is 40.2 Å². The summed E-state index contributed by atoms with van der Waals surface area (Å²) in [6, 6.07) is 34.9. The summed E-state index contributed by atoms with van der Waals surface area (Å²) in [5.74, 6) is -1.76. The van der Waals surface area contributed by atoms with E-state index in [1.54, 1.807) is 84.9 Å². The van der Waals surface area contributed by atoms with Gasteiger partial charge in [0.25, 0.3) is 0 Å². The van der Waals surface area contributed by atoms with Crippen LogP contribution in [0.4, 0.5) is 0 Å². The second-order valence-corrected chi connectivity index (χ2v) is 13.7. The summed E-state index contributed by atoms with van der Waals surface area (Å²) in [6.07, 6.45) is 0. The number of hydrogen-bond acceptors (Lipinski definition) is 11. The fraction of sp³-hybridized carbons (Fsp3) is 0. The van der Waals surface area contributed by atoms with Gasteiger partial charge in [0.2, 0.25) is 0 Å². The number of carbonyl (C=O) groups is 2. The van der Waals surface area contributed by atoms with Gasteiger partial charge in [-0.15, -0.1) is 10.2 Å². The maximum atomic E-state index is 11.5. The lowest BCUT2D eigenvalue weighted by molar-refractivity contribution is 0.0686. The third-order valence-corrected chi connectivity index (χ3v) is 9.85. The Morgan fingerprint density at radius 2 is 0.825 bits per heavy atom. The Balaban J connectivity index is 1.16. The molecule has 0 spiro atoms. The van der Waals surface area contributed by atoms with Crippen LogP contribution in [0.2, 0.25) is 0 Å². The van der Waals surface area contributed by atoms with E-state index in [1.165, 1.54) is 69.7 Å². The number of carboxylic acid groups (broad SMARTS) is 2. The van der Waals surface area contributed by atoms with E-state index in [1.807, 2.05) is 0 Å². The van der Waals surface area contributed by atoms with Crippen molar-refractivity contribution >= 4 is 23.7 Å². The van der Waals surface area contributed by atoms with Crippen LogP contribution < -0.4 is 0 Å². The fourth-order valence-electron chi connectivity index (χ4n) is 6.03. The molecule has 2 heterocycles. The molecule has 0 unspecified atom stereocenters. The van der Waals surface area contributed by atoms with Crippen molar-refractivity contribution in [3.8, 4) is 79.9 Å². The molecule has 0 amide bonds. The van der Waals surface area contributed by atoms with E-state index in [-0.39, 0.29) is 68.5 Å². The average Bonchev–Trinajstić information content (AvgIpc) is 3.86. The molecule has 0 aliphatic heterocycles. The zero-order chi connectivity index (χ0) is 39.8. The molecule has 15 heteroatoms. The summed E-state index contributed by atoms with van der Waals surface area (Å²) in [6.45, 7) is 0. The molecule has 57 heavy (non-hydrogen) atoms. The lowest BCUT2D eigenvalue weighted by Gasteiger charge is -2.08. The highest BCUT2D eigenvalue weighted by molar-refractivity contribution is 7.99. The van der Waals surface area contributed by atoms with Gasteiger partial charge < -0.3 is 30.6 Å². The average molecular weight is 777 g/mol. The van der Waals surface area contributed by atoms with Gasteiger partial charge in [-0.3, -0.25) is 0 Å². The van der Waals surface area contributed by atoms with Crippen LogP contribution in [0.1, 0.15) is 20.7 Å². The molecular weight excluding hydrogens is 749 g/mol. The number of aromatic nitrogens is 6. The van der Waals surface area contributed by atoms with Gasteiger partial charge in [-0.1, -0.05) is 36.0 Å². The SMILES string of the molecule is O=C(O)c1ccc(-n2nc(-c3cc(Sc4ccc(O)c(-c5nc(-c6ccccc6O)n(-c6ccc(C(=O)O)cc6)n5)c4)ccc3O)nc2-c2ccccc2O)cc1. The van der Waals surface area contributed by atoms with Gasteiger partial charge in [-0.05, 0) is 109 Å². The van der Waals surface area contributed by atoms with Gasteiger partial charge in [0.05, 0.1) is 44.8 Å². The normalized spacial score (nSPS) is 11.1. The number of aromatic carboxylic acids is 2. The highest BCUT2D eigenvalue weighted by Crippen LogP contribution is 2.40. The number of para-hydroxylation sites is 2. The van der Waals surface area contributed by atoms with E-state index < -0.39 is 11.9 Å². The van der Waals surface area contributed by atoms with E-state index >= 15 is 0 Å². The van der Waals surface area contributed by atoms with Gasteiger partial charge in [0.1, 0.15) is 23.0 Å². The smallest absolute Gasteiger partial charge is 0.335 e. The molecule has 0 saturated carbocycles. The topological polar surface area (TPSA) is 217 Å². The molecule has 280 valence electrons. The Morgan fingerprint density at radius 3 is 1.19 bits per heavy atom. The van der Waals surface area contributed by atoms with Gasteiger partial charge >= 0.3 is 11.9 Å². The van der Waals surface area contributed by atoms with Crippen molar-refractivity contribution in [3.63, 3.8) is 0 Å². The number of phenols is 4. The molecule has 0 bridgehead atoms. The summed E-state index contributed by atoms with van der Waals surface area (Å²) in [5, 5.41) is 71.7. The molecule has 6 aromatic carbocycles. The second kappa shape index (κ2) is 14.7. The van der Waals surface area contributed by atoms with Crippen molar-refractivity contribution < 1.29 is 40.2 Å². The van der Waals surface area contributed by atoms with Crippen LogP contribution in [0.25, 0.3) is 56.9 Å². The van der Waals surface area contributed by atoms with Crippen molar-refractivity contribution in [2.24, 2.45) is 0 Å². The standard InChI is InChI=1S/C42H28N6O8S/c49-33-7-3-1-5-29(33)39-43-37(45-47(39)25-13-9-23(10-14-25)41(53)54)31-21-27(17-19-35(31)51)57-28-18-20-36(52)32(22-28)38-44-40(30-6-2-4-8-34(30)50)48(46-38)26-15-11-24(12-16-26)42(55)56/h1-22,49-52H,(H,53,54)(H,55,56). The highest BCUT2D eigenvalue weighted by atomic mass is 32.2. The van der Waals surface area contributed by atoms with E-state index in [2.05, 4.69) is 10.2 Å². The number of carboxylic acids is 2. The van der Waals surface area contributed by atoms with Crippen LogP contribution >= 0.6 is 11.8 Å². The van der Waals surface area contributed by atoms with Crippen molar-refractivity contribution in [2.45, 2.75) is 9.79 Å². The molecule has 6 N–H and O–H groups in total. The first-order chi connectivity index (χ1) is 27.5. The minimum absolute atomic E-state index is 0.0559. The predicted molar refractivity (Wildman–Crippen MR) is 209 cm³/mol. The summed E-state index contributed by atoms with van der Waals surface area (Å²) >= 11 is 1.31. The Morgan fingerprint density at radius 1 is 0.456 bits per heavy atom. The maximum Gasteiger partial charge on any atom is 0.335 e. The monoisotopic (exact) mass is 776 g/mol. The first kappa shape index (κ1) is 36.1. The van der Waals surface area contributed by atoms with E-state index in [0.29, 0.717) is 32.3 Å². The van der Waals surface area contributed by atoms with Gasteiger partial charge in [-0.2, -0.15) is 0 Å². The summed E-state index contributed by atoms with van der Waals surface area (Å²) in [5.41, 5.74) is 2.37. The summed E-state index contributed by atoms with van der Waals surface area (Å²) in [7, 11) is 0. The third kappa shape index (κ3) is 7.08. The second-order valence-electron chi connectivity index (χ2n) is 12.5. The van der Waals surface area contributed by atoms with Crippen LogP contribution in [0.15, 0.2) is 143 Å². The zero-order valence-electron chi connectivity index (χ0n) is 29.3. The Kier molecular flexibility index (Phi) is 9.32. The largest absolute Gasteiger partial charge is 0.507 e.